The second kappa shape index (κ2) is 9.24. The van der Waals surface area contributed by atoms with Crippen LogP contribution in [0.4, 0.5) is 11.4 Å². The molecule has 1 aromatic heterocycles. The van der Waals surface area contributed by atoms with Crippen LogP contribution in [0, 0.1) is 5.92 Å². The molecule has 3 aromatic rings. The molecule has 5 heteroatoms. The predicted octanol–water partition coefficient (Wildman–Crippen LogP) is 4.93. The Morgan fingerprint density at radius 3 is 2.62 bits per heavy atom. The Hall–Kier alpha value is -3.34. The van der Waals surface area contributed by atoms with Gasteiger partial charge in [-0.25, -0.2) is 0 Å². The van der Waals surface area contributed by atoms with Gasteiger partial charge in [0.05, 0.1) is 5.69 Å². The molecule has 5 nitrogen and oxygen atoms in total. The molecule has 0 aliphatic heterocycles. The van der Waals surface area contributed by atoms with Crippen molar-refractivity contribution >= 4 is 17.3 Å². The number of hydrogen-bond donors (Lipinski definition) is 2. The van der Waals surface area contributed by atoms with Gasteiger partial charge < -0.3 is 15.4 Å². The summed E-state index contributed by atoms with van der Waals surface area (Å²) in [7, 11) is 0. The van der Waals surface area contributed by atoms with Crippen molar-refractivity contribution in [1.82, 2.24) is 10.3 Å². The molecule has 2 N–H and O–H groups in total. The van der Waals surface area contributed by atoms with Gasteiger partial charge in [0.15, 0.2) is 0 Å². The van der Waals surface area contributed by atoms with Gasteiger partial charge >= 0.3 is 0 Å². The summed E-state index contributed by atoms with van der Waals surface area (Å²) in [5.74, 6) is 1.58. The zero-order chi connectivity index (χ0) is 19.9. The van der Waals surface area contributed by atoms with Crippen molar-refractivity contribution in [2.75, 3.05) is 11.9 Å². The minimum absolute atomic E-state index is 0.0208. The molecule has 0 bridgehead atoms. The summed E-state index contributed by atoms with van der Waals surface area (Å²) in [6.45, 7) is 1.19. The van der Waals surface area contributed by atoms with E-state index in [2.05, 4.69) is 15.6 Å². The number of carbonyl (C=O) groups excluding carboxylic acids is 1. The number of amides is 1. The fourth-order valence-corrected chi connectivity index (χ4v) is 3.08. The molecular weight excluding hydrogens is 362 g/mol. The third kappa shape index (κ3) is 5.82. The lowest BCUT2D eigenvalue weighted by Crippen LogP contribution is -2.24. The average molecular weight is 387 g/mol. The van der Waals surface area contributed by atoms with E-state index in [0.717, 1.165) is 41.7 Å². The molecule has 4 rings (SSSR count). The van der Waals surface area contributed by atoms with Crippen LogP contribution < -0.4 is 15.4 Å². The zero-order valence-electron chi connectivity index (χ0n) is 16.3. The molecule has 0 atom stereocenters. The van der Waals surface area contributed by atoms with E-state index in [4.69, 9.17) is 4.74 Å². The average Bonchev–Trinajstić information content (AvgIpc) is 3.59. The SMILES string of the molecule is O=C(NCCC1CC1)c1cccc(Nc2ccc(OCc3ccccn3)cc2)c1. The molecule has 1 fully saturated rings. The van der Waals surface area contributed by atoms with Crippen LogP contribution >= 0.6 is 0 Å². The number of aromatic nitrogens is 1. The summed E-state index contributed by atoms with van der Waals surface area (Å²) in [6.07, 6.45) is 5.45. The van der Waals surface area contributed by atoms with Crippen molar-refractivity contribution in [3.8, 4) is 5.75 Å². The monoisotopic (exact) mass is 387 g/mol. The molecule has 0 spiro atoms. The van der Waals surface area contributed by atoms with Crippen molar-refractivity contribution in [3.05, 3.63) is 84.2 Å². The standard InChI is InChI=1S/C24H25N3O2/c28-24(26-15-13-18-7-8-18)19-4-3-6-21(16-19)27-20-9-11-23(12-10-20)29-17-22-5-1-2-14-25-22/h1-6,9-12,14,16,18,27H,7-8,13,15,17H2,(H,26,28). The lowest BCUT2D eigenvalue weighted by Gasteiger charge is -2.10. The van der Waals surface area contributed by atoms with Gasteiger partial charge in [0.25, 0.3) is 5.91 Å². The first-order chi connectivity index (χ1) is 14.3. The zero-order valence-corrected chi connectivity index (χ0v) is 16.3. The van der Waals surface area contributed by atoms with Crippen LogP contribution in [0.25, 0.3) is 0 Å². The number of nitrogens with one attached hydrogen (secondary N) is 2. The van der Waals surface area contributed by atoms with Crippen LogP contribution in [0.2, 0.25) is 0 Å². The van der Waals surface area contributed by atoms with Crippen molar-refractivity contribution in [1.29, 1.82) is 0 Å². The Morgan fingerprint density at radius 1 is 1.00 bits per heavy atom. The number of pyridine rings is 1. The van der Waals surface area contributed by atoms with Crippen molar-refractivity contribution < 1.29 is 9.53 Å². The van der Waals surface area contributed by atoms with Gasteiger partial charge in [-0.15, -0.1) is 0 Å². The first-order valence-electron chi connectivity index (χ1n) is 10.0. The van der Waals surface area contributed by atoms with Gasteiger partial charge in [0.1, 0.15) is 12.4 Å². The van der Waals surface area contributed by atoms with E-state index in [0.29, 0.717) is 12.2 Å². The molecule has 1 amide bonds. The number of anilines is 2. The lowest BCUT2D eigenvalue weighted by atomic mass is 10.1. The van der Waals surface area contributed by atoms with Crippen molar-refractivity contribution in [2.45, 2.75) is 25.9 Å². The maximum atomic E-state index is 12.3. The highest BCUT2D eigenvalue weighted by Gasteiger charge is 2.20. The minimum Gasteiger partial charge on any atom is -0.487 e. The van der Waals surface area contributed by atoms with E-state index in [9.17, 15) is 4.79 Å². The van der Waals surface area contributed by atoms with Crippen LogP contribution in [0.3, 0.4) is 0 Å². The maximum Gasteiger partial charge on any atom is 0.251 e. The number of benzene rings is 2. The molecule has 0 unspecified atom stereocenters. The summed E-state index contributed by atoms with van der Waals surface area (Å²) in [6, 6.07) is 21.1. The van der Waals surface area contributed by atoms with Gasteiger partial charge in [-0.2, -0.15) is 0 Å². The summed E-state index contributed by atoms with van der Waals surface area (Å²) in [4.78, 5) is 16.6. The van der Waals surface area contributed by atoms with Gasteiger partial charge in [-0.1, -0.05) is 25.0 Å². The number of carbonyl (C=O) groups is 1. The molecule has 1 aliphatic carbocycles. The normalized spacial score (nSPS) is 13.0. The van der Waals surface area contributed by atoms with E-state index in [1.165, 1.54) is 12.8 Å². The first-order valence-corrected chi connectivity index (χ1v) is 10.0. The van der Waals surface area contributed by atoms with Gasteiger partial charge in [0.2, 0.25) is 0 Å². The van der Waals surface area contributed by atoms with Crippen molar-refractivity contribution in [3.63, 3.8) is 0 Å². The van der Waals surface area contributed by atoms with Crippen LogP contribution in [-0.4, -0.2) is 17.4 Å². The largest absolute Gasteiger partial charge is 0.487 e. The number of hydrogen-bond acceptors (Lipinski definition) is 4. The van der Waals surface area contributed by atoms with E-state index < -0.39 is 0 Å². The summed E-state index contributed by atoms with van der Waals surface area (Å²) in [5, 5.41) is 6.34. The highest BCUT2D eigenvalue weighted by Crippen LogP contribution is 2.31. The summed E-state index contributed by atoms with van der Waals surface area (Å²) >= 11 is 0. The molecule has 1 aliphatic rings. The third-order valence-electron chi connectivity index (χ3n) is 4.92. The molecular formula is C24H25N3O2. The quantitative estimate of drug-likeness (QED) is 0.546. The smallest absolute Gasteiger partial charge is 0.251 e. The maximum absolute atomic E-state index is 12.3. The van der Waals surface area contributed by atoms with Gasteiger partial charge in [-0.05, 0) is 66.9 Å². The van der Waals surface area contributed by atoms with Crippen LogP contribution in [0.15, 0.2) is 72.9 Å². The Morgan fingerprint density at radius 2 is 1.86 bits per heavy atom. The molecule has 29 heavy (non-hydrogen) atoms. The van der Waals surface area contributed by atoms with Crippen LogP contribution in [-0.2, 0) is 6.61 Å². The van der Waals surface area contributed by atoms with Gasteiger partial charge in [-0.3, -0.25) is 9.78 Å². The second-order valence-corrected chi connectivity index (χ2v) is 7.33. The van der Waals surface area contributed by atoms with E-state index in [1.807, 2.05) is 66.7 Å². The molecule has 2 aromatic carbocycles. The fraction of sp³-hybridized carbons (Fsp3) is 0.250. The van der Waals surface area contributed by atoms with E-state index in [1.54, 1.807) is 6.20 Å². The molecule has 148 valence electrons. The highest BCUT2D eigenvalue weighted by molar-refractivity contribution is 5.95. The Balaban J connectivity index is 1.30. The Bertz CT molecular complexity index is 938. The topological polar surface area (TPSA) is 63.2 Å². The summed E-state index contributed by atoms with van der Waals surface area (Å²) in [5.41, 5.74) is 3.37. The number of rotatable bonds is 9. The molecule has 0 saturated heterocycles. The Labute approximate surface area is 171 Å². The van der Waals surface area contributed by atoms with Crippen LogP contribution in [0.5, 0.6) is 5.75 Å². The molecule has 0 radical (unpaired) electrons. The second-order valence-electron chi connectivity index (χ2n) is 7.33. The molecule has 1 heterocycles. The highest BCUT2D eigenvalue weighted by atomic mass is 16.5. The van der Waals surface area contributed by atoms with Crippen molar-refractivity contribution in [2.24, 2.45) is 5.92 Å². The summed E-state index contributed by atoms with van der Waals surface area (Å²) < 4.78 is 5.76. The third-order valence-corrected chi connectivity index (χ3v) is 4.92. The lowest BCUT2D eigenvalue weighted by molar-refractivity contribution is 0.0952. The number of ether oxygens (including phenoxy) is 1. The Kier molecular flexibility index (Phi) is 6.05. The minimum atomic E-state index is -0.0208. The number of nitrogens with zero attached hydrogens (tertiary/aromatic N) is 1. The fourth-order valence-electron chi connectivity index (χ4n) is 3.08. The van der Waals surface area contributed by atoms with E-state index >= 15 is 0 Å². The molecule has 1 saturated carbocycles. The first kappa shape index (κ1) is 19.0. The van der Waals surface area contributed by atoms with Crippen LogP contribution in [0.1, 0.15) is 35.3 Å². The van der Waals surface area contributed by atoms with E-state index in [-0.39, 0.29) is 5.91 Å². The van der Waals surface area contributed by atoms with Gasteiger partial charge in [0, 0.05) is 29.7 Å². The predicted molar refractivity (Wildman–Crippen MR) is 114 cm³/mol.